The molecule has 0 bridgehead atoms. The highest BCUT2D eigenvalue weighted by Crippen LogP contribution is 2.26. The highest BCUT2D eigenvalue weighted by molar-refractivity contribution is 5.87. The number of rotatable bonds is 0. The van der Waals surface area contributed by atoms with Gasteiger partial charge in [0.05, 0.1) is 5.39 Å². The highest BCUT2D eigenvalue weighted by atomic mass is 19.1. The molecule has 0 N–H and O–H groups in total. The SMILES string of the molecule is Cc1cc(F)c2c(F)cccc2c1C. The Morgan fingerprint density at radius 1 is 1.00 bits per heavy atom. The number of fused-ring (bicyclic) bond motifs is 1. The maximum absolute atomic E-state index is 13.4. The van der Waals surface area contributed by atoms with Crippen molar-refractivity contribution in [2.45, 2.75) is 13.8 Å². The summed E-state index contributed by atoms with van der Waals surface area (Å²) in [7, 11) is 0. The van der Waals surface area contributed by atoms with E-state index in [9.17, 15) is 8.78 Å². The van der Waals surface area contributed by atoms with Gasteiger partial charge in [0, 0.05) is 0 Å². The molecule has 2 heteroatoms. The summed E-state index contributed by atoms with van der Waals surface area (Å²) in [5, 5.41) is 0.748. The van der Waals surface area contributed by atoms with Gasteiger partial charge in [0.25, 0.3) is 0 Å². The molecule has 0 aliphatic heterocycles. The zero-order chi connectivity index (χ0) is 10.3. The molecule has 0 heterocycles. The zero-order valence-electron chi connectivity index (χ0n) is 8.07. The molecule has 0 aromatic heterocycles. The second-order valence-corrected chi connectivity index (χ2v) is 3.46. The number of benzene rings is 2. The van der Waals surface area contributed by atoms with Crippen LogP contribution in [0.15, 0.2) is 24.3 Å². The van der Waals surface area contributed by atoms with Gasteiger partial charge in [0.2, 0.25) is 0 Å². The monoisotopic (exact) mass is 192 g/mol. The minimum atomic E-state index is -0.497. The fourth-order valence-corrected chi connectivity index (χ4v) is 1.66. The number of aryl methyl sites for hydroxylation is 2. The molecule has 2 aromatic carbocycles. The predicted octanol–water partition coefficient (Wildman–Crippen LogP) is 3.73. The van der Waals surface area contributed by atoms with Crippen LogP contribution in [0.1, 0.15) is 11.1 Å². The Hall–Kier alpha value is -1.44. The van der Waals surface area contributed by atoms with Crippen LogP contribution in [0.25, 0.3) is 10.8 Å². The Balaban J connectivity index is 3.02. The molecule has 14 heavy (non-hydrogen) atoms. The highest BCUT2D eigenvalue weighted by Gasteiger charge is 2.09. The third-order valence-corrected chi connectivity index (χ3v) is 2.59. The summed E-state index contributed by atoms with van der Waals surface area (Å²) in [5.74, 6) is -0.982. The van der Waals surface area contributed by atoms with Crippen molar-refractivity contribution in [3.63, 3.8) is 0 Å². The van der Waals surface area contributed by atoms with Gasteiger partial charge < -0.3 is 0 Å². The van der Waals surface area contributed by atoms with E-state index in [0.29, 0.717) is 5.39 Å². The minimum absolute atomic E-state index is 0.0931. The minimum Gasteiger partial charge on any atom is -0.206 e. The first-order valence-electron chi connectivity index (χ1n) is 4.45. The second kappa shape index (κ2) is 3.05. The van der Waals surface area contributed by atoms with Crippen molar-refractivity contribution in [1.82, 2.24) is 0 Å². The summed E-state index contributed by atoms with van der Waals surface area (Å²) in [4.78, 5) is 0. The van der Waals surface area contributed by atoms with E-state index in [1.165, 1.54) is 12.1 Å². The van der Waals surface area contributed by atoms with E-state index in [1.807, 2.05) is 13.8 Å². The van der Waals surface area contributed by atoms with E-state index in [2.05, 4.69) is 0 Å². The maximum Gasteiger partial charge on any atom is 0.134 e. The summed E-state index contributed by atoms with van der Waals surface area (Å²) in [6, 6.07) is 5.99. The molecule has 0 radical (unpaired) electrons. The third-order valence-electron chi connectivity index (χ3n) is 2.59. The first kappa shape index (κ1) is 9.13. The van der Waals surface area contributed by atoms with Crippen LogP contribution in [0.2, 0.25) is 0 Å². The van der Waals surface area contributed by atoms with Crippen molar-refractivity contribution >= 4 is 10.8 Å². The lowest BCUT2D eigenvalue weighted by Gasteiger charge is -2.07. The largest absolute Gasteiger partial charge is 0.206 e. The van der Waals surface area contributed by atoms with Crippen molar-refractivity contribution < 1.29 is 8.78 Å². The standard InChI is InChI=1S/C12H10F2/c1-7-6-11(14)12-9(8(7)2)4-3-5-10(12)13/h3-6H,1-2H3. The second-order valence-electron chi connectivity index (χ2n) is 3.46. The molecule has 0 saturated carbocycles. The number of hydrogen-bond donors (Lipinski definition) is 0. The summed E-state index contributed by atoms with van der Waals surface area (Å²) in [6.45, 7) is 3.69. The van der Waals surface area contributed by atoms with E-state index in [-0.39, 0.29) is 5.39 Å². The van der Waals surface area contributed by atoms with Gasteiger partial charge in [-0.1, -0.05) is 12.1 Å². The summed E-state index contributed by atoms with van der Waals surface area (Å²) < 4.78 is 26.8. The molecular formula is C12H10F2. The molecule has 0 aliphatic carbocycles. The molecule has 0 fully saturated rings. The molecule has 2 aromatic rings. The normalized spacial score (nSPS) is 10.9. The van der Waals surface area contributed by atoms with Crippen LogP contribution in [-0.2, 0) is 0 Å². The molecule has 0 aliphatic rings. The molecule has 2 rings (SSSR count). The van der Waals surface area contributed by atoms with E-state index in [0.717, 1.165) is 11.1 Å². The fraction of sp³-hybridized carbons (Fsp3) is 0.167. The van der Waals surface area contributed by atoms with E-state index < -0.39 is 11.6 Å². The number of hydrogen-bond acceptors (Lipinski definition) is 0. The quantitative estimate of drug-likeness (QED) is 0.596. The summed E-state index contributed by atoms with van der Waals surface area (Å²) >= 11 is 0. The van der Waals surface area contributed by atoms with Gasteiger partial charge in [-0.25, -0.2) is 8.78 Å². The predicted molar refractivity (Wildman–Crippen MR) is 53.3 cm³/mol. The van der Waals surface area contributed by atoms with Gasteiger partial charge in [-0.2, -0.15) is 0 Å². The molecule has 72 valence electrons. The van der Waals surface area contributed by atoms with Crippen LogP contribution in [-0.4, -0.2) is 0 Å². The molecule has 0 amide bonds. The molecule has 0 atom stereocenters. The smallest absolute Gasteiger partial charge is 0.134 e. The average molecular weight is 192 g/mol. The van der Waals surface area contributed by atoms with Gasteiger partial charge in [-0.15, -0.1) is 0 Å². The lowest BCUT2D eigenvalue weighted by molar-refractivity contribution is 0.607. The first-order chi connectivity index (χ1) is 6.61. The first-order valence-corrected chi connectivity index (χ1v) is 4.45. The zero-order valence-corrected chi connectivity index (χ0v) is 8.07. The lowest BCUT2D eigenvalue weighted by atomic mass is 10.0. The Morgan fingerprint density at radius 3 is 2.43 bits per heavy atom. The van der Waals surface area contributed by atoms with Crippen molar-refractivity contribution in [3.8, 4) is 0 Å². The molecule has 0 saturated heterocycles. The topological polar surface area (TPSA) is 0 Å². The fourth-order valence-electron chi connectivity index (χ4n) is 1.66. The van der Waals surface area contributed by atoms with E-state index in [1.54, 1.807) is 12.1 Å². The molecular weight excluding hydrogens is 182 g/mol. The van der Waals surface area contributed by atoms with Crippen LogP contribution < -0.4 is 0 Å². The van der Waals surface area contributed by atoms with Crippen LogP contribution in [0, 0.1) is 25.5 Å². The summed E-state index contributed by atoms with van der Waals surface area (Å²) in [6.07, 6.45) is 0. The van der Waals surface area contributed by atoms with Crippen LogP contribution in [0.3, 0.4) is 0 Å². The Labute approximate surface area is 81.2 Å². The van der Waals surface area contributed by atoms with E-state index >= 15 is 0 Å². The maximum atomic E-state index is 13.4. The number of halogens is 2. The van der Waals surface area contributed by atoms with Gasteiger partial charge in [0.15, 0.2) is 0 Å². The van der Waals surface area contributed by atoms with Gasteiger partial charge in [-0.05, 0) is 42.5 Å². The van der Waals surface area contributed by atoms with Crippen molar-refractivity contribution in [2.75, 3.05) is 0 Å². The molecule has 0 spiro atoms. The van der Waals surface area contributed by atoms with Crippen molar-refractivity contribution in [2.24, 2.45) is 0 Å². The molecule has 0 unspecified atom stereocenters. The average Bonchev–Trinajstić information content (AvgIpc) is 2.14. The van der Waals surface area contributed by atoms with Crippen LogP contribution in [0.4, 0.5) is 8.78 Å². The van der Waals surface area contributed by atoms with Crippen LogP contribution in [0.5, 0.6) is 0 Å². The van der Waals surface area contributed by atoms with Crippen molar-refractivity contribution in [1.29, 1.82) is 0 Å². The third kappa shape index (κ3) is 1.18. The Morgan fingerprint density at radius 2 is 1.71 bits per heavy atom. The van der Waals surface area contributed by atoms with Gasteiger partial charge >= 0.3 is 0 Å². The van der Waals surface area contributed by atoms with E-state index in [4.69, 9.17) is 0 Å². The molecule has 0 nitrogen and oxygen atoms in total. The Kier molecular flexibility index (Phi) is 1.99. The van der Waals surface area contributed by atoms with Crippen LogP contribution >= 0.6 is 0 Å². The lowest BCUT2D eigenvalue weighted by Crippen LogP contribution is -1.91. The Bertz CT molecular complexity index is 501. The van der Waals surface area contributed by atoms with Gasteiger partial charge in [-0.3, -0.25) is 0 Å². The van der Waals surface area contributed by atoms with Crippen molar-refractivity contribution in [3.05, 3.63) is 47.0 Å². The van der Waals surface area contributed by atoms with Gasteiger partial charge in [0.1, 0.15) is 11.6 Å². The summed E-state index contributed by atoms with van der Waals surface area (Å²) in [5.41, 5.74) is 1.78.